The van der Waals surface area contributed by atoms with Gasteiger partial charge in [-0.2, -0.15) is 0 Å². The second kappa shape index (κ2) is 5.87. The number of nitro groups is 1. The topological polar surface area (TPSA) is 84.9 Å². The molecule has 0 saturated carbocycles. The molecule has 1 unspecified atom stereocenters. The molecule has 1 aromatic rings. The van der Waals surface area contributed by atoms with Crippen molar-refractivity contribution in [3.05, 3.63) is 28.3 Å². The number of hydrogen-bond donors (Lipinski definition) is 1. The van der Waals surface area contributed by atoms with Crippen LogP contribution in [-0.4, -0.2) is 55.3 Å². The van der Waals surface area contributed by atoms with Crippen molar-refractivity contribution in [2.24, 2.45) is 0 Å². The van der Waals surface area contributed by atoms with Crippen LogP contribution in [0.15, 0.2) is 18.2 Å². The fourth-order valence-electron chi connectivity index (χ4n) is 3.12. The number of nitrogen functional groups attached to an aromatic ring is 1. The Bertz CT molecular complexity index is 531. The molecule has 1 atom stereocenters. The van der Waals surface area contributed by atoms with E-state index in [1.165, 1.54) is 6.07 Å². The fraction of sp³-hybridized carbons (Fsp3) is 0.571. The van der Waals surface area contributed by atoms with Crippen LogP contribution < -0.4 is 10.6 Å². The lowest BCUT2D eigenvalue weighted by Gasteiger charge is -2.32. The Morgan fingerprint density at radius 2 is 2.05 bits per heavy atom. The lowest BCUT2D eigenvalue weighted by Crippen LogP contribution is -2.44. The number of nitrogens with two attached hydrogens (primary N) is 1. The monoisotopic (exact) mass is 292 g/mol. The molecule has 0 amide bonds. The third-order valence-electron chi connectivity index (χ3n) is 4.30. The summed E-state index contributed by atoms with van der Waals surface area (Å²) in [6.45, 7) is 5.49. The van der Waals surface area contributed by atoms with Crippen LogP contribution in [-0.2, 0) is 4.74 Å². The fourth-order valence-corrected chi connectivity index (χ4v) is 3.12. The van der Waals surface area contributed by atoms with Gasteiger partial charge in [0.25, 0.3) is 5.69 Å². The SMILES string of the molecule is Nc1cc(N2CCC(N3CCOCC3)C2)ccc1[N+](=O)[O-]. The highest BCUT2D eigenvalue weighted by Gasteiger charge is 2.29. The smallest absolute Gasteiger partial charge is 0.292 e. The summed E-state index contributed by atoms with van der Waals surface area (Å²) in [5, 5.41) is 10.8. The van der Waals surface area contributed by atoms with E-state index in [1.54, 1.807) is 12.1 Å². The van der Waals surface area contributed by atoms with Gasteiger partial charge in [0.15, 0.2) is 0 Å². The molecule has 0 radical (unpaired) electrons. The van der Waals surface area contributed by atoms with Gasteiger partial charge in [0.2, 0.25) is 0 Å². The Kier molecular flexibility index (Phi) is 3.94. The molecule has 2 aliphatic heterocycles. The van der Waals surface area contributed by atoms with Crippen LogP contribution in [0.2, 0.25) is 0 Å². The minimum atomic E-state index is -0.445. The van der Waals surface area contributed by atoms with Gasteiger partial charge in [-0.05, 0) is 18.6 Å². The maximum atomic E-state index is 10.8. The maximum absolute atomic E-state index is 10.8. The van der Waals surface area contributed by atoms with E-state index in [0.717, 1.165) is 51.5 Å². The highest BCUT2D eigenvalue weighted by molar-refractivity contribution is 5.66. The molecule has 0 aromatic heterocycles. The summed E-state index contributed by atoms with van der Waals surface area (Å²) in [5.41, 5.74) is 6.94. The molecule has 2 aliphatic rings. The number of morpholine rings is 1. The highest BCUT2D eigenvalue weighted by atomic mass is 16.6. The second-order valence-electron chi connectivity index (χ2n) is 5.54. The van der Waals surface area contributed by atoms with Gasteiger partial charge in [-0.15, -0.1) is 0 Å². The first-order chi connectivity index (χ1) is 10.1. The Morgan fingerprint density at radius 3 is 2.71 bits per heavy atom. The van der Waals surface area contributed by atoms with Gasteiger partial charge in [0.05, 0.1) is 18.1 Å². The molecule has 0 spiro atoms. The number of ether oxygens (including phenoxy) is 1. The summed E-state index contributed by atoms with van der Waals surface area (Å²) in [7, 11) is 0. The van der Waals surface area contributed by atoms with Gasteiger partial charge in [-0.25, -0.2) is 0 Å². The first-order valence-electron chi connectivity index (χ1n) is 7.26. The predicted octanol–water partition coefficient (Wildman–Crippen LogP) is 1.09. The largest absolute Gasteiger partial charge is 0.393 e. The van der Waals surface area contributed by atoms with E-state index in [4.69, 9.17) is 10.5 Å². The molecule has 3 rings (SSSR count). The van der Waals surface area contributed by atoms with Crippen molar-refractivity contribution in [2.75, 3.05) is 50.0 Å². The van der Waals surface area contributed by atoms with Crippen molar-refractivity contribution in [1.29, 1.82) is 0 Å². The van der Waals surface area contributed by atoms with E-state index in [0.29, 0.717) is 6.04 Å². The third kappa shape index (κ3) is 2.93. The van der Waals surface area contributed by atoms with E-state index in [1.807, 2.05) is 0 Å². The van der Waals surface area contributed by atoms with Gasteiger partial charge in [-0.1, -0.05) is 0 Å². The molecule has 0 aliphatic carbocycles. The average Bonchev–Trinajstić information content (AvgIpc) is 2.97. The molecule has 21 heavy (non-hydrogen) atoms. The summed E-state index contributed by atoms with van der Waals surface area (Å²) >= 11 is 0. The number of nitro benzene ring substituents is 1. The molecule has 114 valence electrons. The van der Waals surface area contributed by atoms with Gasteiger partial charge >= 0.3 is 0 Å². The van der Waals surface area contributed by atoms with Crippen LogP contribution >= 0.6 is 0 Å². The minimum Gasteiger partial charge on any atom is -0.393 e. The van der Waals surface area contributed by atoms with Crippen LogP contribution in [0.4, 0.5) is 17.1 Å². The van der Waals surface area contributed by atoms with E-state index in [-0.39, 0.29) is 11.4 Å². The molecular formula is C14H20N4O3. The van der Waals surface area contributed by atoms with E-state index in [2.05, 4.69) is 9.80 Å². The molecule has 7 heteroatoms. The molecule has 7 nitrogen and oxygen atoms in total. The molecule has 2 heterocycles. The third-order valence-corrected chi connectivity index (χ3v) is 4.30. The van der Waals surface area contributed by atoms with Crippen molar-refractivity contribution < 1.29 is 9.66 Å². The Morgan fingerprint density at radius 1 is 1.29 bits per heavy atom. The van der Waals surface area contributed by atoms with Crippen molar-refractivity contribution >= 4 is 17.1 Å². The summed E-state index contributed by atoms with van der Waals surface area (Å²) in [6.07, 6.45) is 1.11. The number of hydrogen-bond acceptors (Lipinski definition) is 6. The van der Waals surface area contributed by atoms with E-state index in [9.17, 15) is 10.1 Å². The average molecular weight is 292 g/mol. The molecule has 2 N–H and O–H groups in total. The van der Waals surface area contributed by atoms with Crippen LogP contribution in [0.5, 0.6) is 0 Å². The molecule has 0 bridgehead atoms. The van der Waals surface area contributed by atoms with Gasteiger partial charge in [-0.3, -0.25) is 15.0 Å². The molecular weight excluding hydrogens is 272 g/mol. The number of anilines is 2. The van der Waals surface area contributed by atoms with Crippen molar-refractivity contribution in [1.82, 2.24) is 4.90 Å². The first-order valence-corrected chi connectivity index (χ1v) is 7.26. The van der Waals surface area contributed by atoms with Crippen LogP contribution in [0.3, 0.4) is 0 Å². The number of rotatable bonds is 3. The van der Waals surface area contributed by atoms with Crippen molar-refractivity contribution in [3.8, 4) is 0 Å². The standard InChI is InChI=1S/C14H20N4O3/c15-13-9-11(1-2-14(13)18(19)20)17-4-3-12(10-17)16-5-7-21-8-6-16/h1-2,9,12H,3-8,10,15H2. The zero-order valence-corrected chi connectivity index (χ0v) is 11.9. The summed E-state index contributed by atoms with van der Waals surface area (Å²) in [5.74, 6) is 0. The Balaban J connectivity index is 1.68. The van der Waals surface area contributed by atoms with Crippen LogP contribution in [0.25, 0.3) is 0 Å². The normalized spacial score (nSPS) is 23.4. The molecule has 2 saturated heterocycles. The zero-order chi connectivity index (χ0) is 14.8. The lowest BCUT2D eigenvalue weighted by molar-refractivity contribution is -0.383. The summed E-state index contributed by atoms with van der Waals surface area (Å²) in [4.78, 5) is 15.1. The zero-order valence-electron chi connectivity index (χ0n) is 11.9. The highest BCUT2D eigenvalue weighted by Crippen LogP contribution is 2.29. The van der Waals surface area contributed by atoms with E-state index < -0.39 is 4.92 Å². The summed E-state index contributed by atoms with van der Waals surface area (Å²) in [6, 6.07) is 5.52. The van der Waals surface area contributed by atoms with Gasteiger partial charge in [0, 0.05) is 44.0 Å². The lowest BCUT2D eigenvalue weighted by atomic mass is 10.2. The predicted molar refractivity (Wildman–Crippen MR) is 80.5 cm³/mol. The second-order valence-corrected chi connectivity index (χ2v) is 5.54. The summed E-state index contributed by atoms with van der Waals surface area (Å²) < 4.78 is 5.39. The quantitative estimate of drug-likeness (QED) is 0.510. The first kappa shape index (κ1) is 14.1. The Hall–Kier alpha value is -1.86. The Labute approximate surface area is 123 Å². The van der Waals surface area contributed by atoms with Crippen molar-refractivity contribution in [2.45, 2.75) is 12.5 Å². The number of benzene rings is 1. The van der Waals surface area contributed by atoms with Crippen LogP contribution in [0.1, 0.15) is 6.42 Å². The molecule has 2 fully saturated rings. The van der Waals surface area contributed by atoms with E-state index >= 15 is 0 Å². The minimum absolute atomic E-state index is 0.0253. The molecule has 1 aromatic carbocycles. The van der Waals surface area contributed by atoms with Gasteiger partial charge < -0.3 is 15.4 Å². The maximum Gasteiger partial charge on any atom is 0.292 e. The van der Waals surface area contributed by atoms with Crippen LogP contribution in [0, 0.1) is 10.1 Å². The van der Waals surface area contributed by atoms with Gasteiger partial charge in [0.1, 0.15) is 5.69 Å². The number of nitrogens with zero attached hydrogens (tertiary/aromatic N) is 3. The van der Waals surface area contributed by atoms with Crippen molar-refractivity contribution in [3.63, 3.8) is 0 Å².